The highest BCUT2D eigenvalue weighted by Crippen LogP contribution is 2.44. The van der Waals surface area contributed by atoms with Gasteiger partial charge in [0.05, 0.1) is 11.7 Å². The van der Waals surface area contributed by atoms with E-state index in [1.54, 1.807) is 37.2 Å². The topological polar surface area (TPSA) is 46.3 Å². The maximum absolute atomic E-state index is 14.0. The number of hydrogen-bond donors (Lipinski definition) is 0. The summed E-state index contributed by atoms with van der Waals surface area (Å²) in [6, 6.07) is 10.4. The van der Waals surface area contributed by atoms with Crippen molar-refractivity contribution < 1.29 is 13.6 Å². The van der Waals surface area contributed by atoms with Gasteiger partial charge in [0.2, 0.25) is 0 Å². The molecule has 128 valence electrons. The van der Waals surface area contributed by atoms with Crippen LogP contribution < -0.4 is 0 Å². The lowest BCUT2D eigenvalue weighted by molar-refractivity contribution is 0.0675. The van der Waals surface area contributed by atoms with Crippen LogP contribution in [0.15, 0.2) is 47.0 Å². The van der Waals surface area contributed by atoms with E-state index in [1.807, 2.05) is 18.2 Å². The molecule has 25 heavy (non-hydrogen) atoms. The molecule has 0 aliphatic heterocycles. The van der Waals surface area contributed by atoms with E-state index in [0.29, 0.717) is 16.9 Å². The summed E-state index contributed by atoms with van der Waals surface area (Å²) in [6.45, 7) is 1.79. The van der Waals surface area contributed by atoms with Gasteiger partial charge in [-0.05, 0) is 43.9 Å². The molecule has 5 heteroatoms. The number of aryl methyl sites for hydroxylation is 1. The van der Waals surface area contributed by atoms with Crippen LogP contribution in [0.5, 0.6) is 0 Å². The Hall–Kier alpha value is -2.69. The van der Waals surface area contributed by atoms with Gasteiger partial charge >= 0.3 is 0 Å². The summed E-state index contributed by atoms with van der Waals surface area (Å²) >= 11 is 0. The van der Waals surface area contributed by atoms with E-state index in [4.69, 9.17) is 4.42 Å². The van der Waals surface area contributed by atoms with Gasteiger partial charge in [0.1, 0.15) is 0 Å². The van der Waals surface area contributed by atoms with E-state index < -0.39 is 5.82 Å². The molecule has 1 atom stereocenters. The second kappa shape index (κ2) is 5.99. The summed E-state index contributed by atoms with van der Waals surface area (Å²) in [7, 11) is 1.77. The average molecular weight is 338 g/mol. The maximum atomic E-state index is 14.0. The van der Waals surface area contributed by atoms with E-state index >= 15 is 0 Å². The standard InChI is InChI=1S/C20H19FN2O2/c1-12-14-6-5-7-15(21)19(14)25-18(12)20(24)23(2)17(13-9-10-13)16-8-3-4-11-22-16/h3-8,11,13,17H,9-10H2,1-2H3. The molecule has 0 spiro atoms. The number of rotatable bonds is 4. The van der Waals surface area contributed by atoms with Gasteiger partial charge in [0.15, 0.2) is 17.2 Å². The minimum absolute atomic E-state index is 0.0915. The van der Waals surface area contributed by atoms with Crippen LogP contribution in [0, 0.1) is 18.7 Å². The van der Waals surface area contributed by atoms with Crippen molar-refractivity contribution in [2.24, 2.45) is 5.92 Å². The van der Waals surface area contributed by atoms with Gasteiger partial charge in [-0.2, -0.15) is 0 Å². The highest BCUT2D eigenvalue weighted by Gasteiger charge is 2.39. The van der Waals surface area contributed by atoms with E-state index in [1.165, 1.54) is 6.07 Å². The first-order chi connectivity index (χ1) is 12.1. The second-order valence-corrected chi connectivity index (χ2v) is 6.63. The number of halogens is 1. The van der Waals surface area contributed by atoms with Gasteiger partial charge in [-0.1, -0.05) is 18.2 Å². The van der Waals surface area contributed by atoms with Crippen molar-refractivity contribution in [1.29, 1.82) is 0 Å². The summed E-state index contributed by atoms with van der Waals surface area (Å²) in [4.78, 5) is 19.2. The number of furan rings is 1. The Kier molecular flexibility index (Phi) is 3.79. The molecule has 2 heterocycles. The molecule has 0 saturated heterocycles. The number of benzene rings is 1. The van der Waals surface area contributed by atoms with Crippen molar-refractivity contribution >= 4 is 16.9 Å². The zero-order valence-electron chi connectivity index (χ0n) is 14.2. The third-order valence-corrected chi connectivity index (χ3v) is 4.91. The summed E-state index contributed by atoms with van der Waals surface area (Å²) in [6.07, 6.45) is 3.89. The van der Waals surface area contributed by atoms with Crippen LogP contribution in [-0.4, -0.2) is 22.8 Å². The molecule has 1 aromatic carbocycles. The molecule has 4 rings (SSSR count). The molecular weight excluding hydrogens is 319 g/mol. The number of fused-ring (bicyclic) bond motifs is 1. The minimum atomic E-state index is -0.453. The normalized spacial score (nSPS) is 15.3. The van der Waals surface area contributed by atoms with Crippen LogP contribution in [0.4, 0.5) is 4.39 Å². The van der Waals surface area contributed by atoms with Crippen LogP contribution in [0.1, 0.15) is 40.7 Å². The number of amides is 1. The molecule has 1 unspecified atom stereocenters. The van der Waals surface area contributed by atoms with Crippen molar-refractivity contribution in [3.63, 3.8) is 0 Å². The van der Waals surface area contributed by atoms with E-state index in [0.717, 1.165) is 18.5 Å². The first-order valence-electron chi connectivity index (χ1n) is 8.43. The fourth-order valence-electron chi connectivity index (χ4n) is 3.42. The Morgan fingerprint density at radius 2 is 2.08 bits per heavy atom. The average Bonchev–Trinajstić information content (AvgIpc) is 3.39. The molecule has 0 N–H and O–H groups in total. The van der Waals surface area contributed by atoms with Crippen molar-refractivity contribution in [1.82, 2.24) is 9.88 Å². The number of carbonyl (C=O) groups excluding carboxylic acids is 1. The van der Waals surface area contributed by atoms with Crippen molar-refractivity contribution in [3.8, 4) is 0 Å². The maximum Gasteiger partial charge on any atom is 0.290 e. The number of pyridine rings is 1. The van der Waals surface area contributed by atoms with Crippen LogP contribution >= 0.6 is 0 Å². The number of carbonyl (C=O) groups is 1. The van der Waals surface area contributed by atoms with Gasteiger partial charge in [0, 0.05) is 24.2 Å². The van der Waals surface area contributed by atoms with Crippen LogP contribution in [0.3, 0.4) is 0 Å². The van der Waals surface area contributed by atoms with Crippen LogP contribution in [0.2, 0.25) is 0 Å². The summed E-state index contributed by atoms with van der Waals surface area (Å²) in [5.41, 5.74) is 1.68. The lowest BCUT2D eigenvalue weighted by atomic mass is 10.1. The zero-order chi connectivity index (χ0) is 17.6. The van der Waals surface area contributed by atoms with Crippen molar-refractivity contribution in [2.45, 2.75) is 25.8 Å². The Labute approximate surface area is 145 Å². The Morgan fingerprint density at radius 3 is 2.72 bits per heavy atom. The predicted molar refractivity (Wildman–Crippen MR) is 92.7 cm³/mol. The zero-order valence-corrected chi connectivity index (χ0v) is 14.2. The summed E-state index contributed by atoms with van der Waals surface area (Å²) in [5.74, 6) is -0.0872. The van der Waals surface area contributed by atoms with E-state index in [9.17, 15) is 9.18 Å². The number of aromatic nitrogens is 1. The number of para-hydroxylation sites is 1. The van der Waals surface area contributed by atoms with E-state index in [2.05, 4.69) is 4.98 Å². The fourth-order valence-corrected chi connectivity index (χ4v) is 3.42. The highest BCUT2D eigenvalue weighted by atomic mass is 19.1. The number of hydrogen-bond acceptors (Lipinski definition) is 3. The largest absolute Gasteiger partial charge is 0.448 e. The molecule has 0 bridgehead atoms. The molecule has 1 aliphatic rings. The number of nitrogens with zero attached hydrogens (tertiary/aromatic N) is 2. The lowest BCUT2D eigenvalue weighted by Crippen LogP contribution is -2.33. The molecule has 4 nitrogen and oxygen atoms in total. The monoisotopic (exact) mass is 338 g/mol. The van der Waals surface area contributed by atoms with Gasteiger partial charge in [-0.15, -0.1) is 0 Å². The lowest BCUT2D eigenvalue weighted by Gasteiger charge is -2.27. The summed E-state index contributed by atoms with van der Waals surface area (Å²) in [5, 5.41) is 0.637. The first kappa shape index (κ1) is 15.8. The molecule has 1 amide bonds. The Bertz CT molecular complexity index is 932. The SMILES string of the molecule is Cc1c(C(=O)N(C)C(c2ccccn2)C2CC2)oc2c(F)cccc12. The van der Waals surface area contributed by atoms with Crippen LogP contribution in [-0.2, 0) is 0 Å². The molecule has 1 saturated carbocycles. The van der Waals surface area contributed by atoms with Crippen molar-refractivity contribution in [2.75, 3.05) is 7.05 Å². The predicted octanol–water partition coefficient (Wildman–Crippen LogP) is 4.50. The van der Waals surface area contributed by atoms with Gasteiger partial charge in [0.25, 0.3) is 5.91 Å². The van der Waals surface area contributed by atoms with Crippen molar-refractivity contribution in [3.05, 3.63) is 65.4 Å². The molecule has 0 radical (unpaired) electrons. The van der Waals surface area contributed by atoms with Gasteiger partial charge < -0.3 is 9.32 Å². The van der Waals surface area contributed by atoms with Gasteiger partial charge in [-0.3, -0.25) is 9.78 Å². The molecule has 3 aromatic rings. The smallest absolute Gasteiger partial charge is 0.290 e. The first-order valence-corrected chi connectivity index (χ1v) is 8.43. The van der Waals surface area contributed by atoms with Gasteiger partial charge in [-0.25, -0.2) is 4.39 Å². The Morgan fingerprint density at radius 1 is 1.28 bits per heavy atom. The fraction of sp³-hybridized carbons (Fsp3) is 0.300. The van der Waals surface area contributed by atoms with E-state index in [-0.39, 0.29) is 23.3 Å². The molecular formula is C20H19FN2O2. The Balaban J connectivity index is 1.72. The third-order valence-electron chi connectivity index (χ3n) is 4.91. The minimum Gasteiger partial charge on any atom is -0.448 e. The molecule has 2 aromatic heterocycles. The second-order valence-electron chi connectivity index (χ2n) is 6.63. The molecule has 1 fully saturated rings. The molecule has 1 aliphatic carbocycles. The van der Waals surface area contributed by atoms with Crippen LogP contribution in [0.25, 0.3) is 11.0 Å². The summed E-state index contributed by atoms with van der Waals surface area (Å²) < 4.78 is 19.6. The quantitative estimate of drug-likeness (QED) is 0.704. The third kappa shape index (κ3) is 2.69. The highest BCUT2D eigenvalue weighted by molar-refractivity contribution is 5.99.